The normalized spacial score (nSPS) is 17.6. The number of likely N-dealkylation sites (tertiary alicyclic amines) is 2. The molecule has 0 saturated carbocycles. The highest BCUT2D eigenvalue weighted by Gasteiger charge is 2.23. The molecule has 2 aromatic rings. The first-order valence-corrected chi connectivity index (χ1v) is 14.9. The van der Waals surface area contributed by atoms with Crippen molar-refractivity contribution < 1.29 is 13.2 Å². The van der Waals surface area contributed by atoms with Crippen LogP contribution in [0.25, 0.3) is 0 Å². The van der Waals surface area contributed by atoms with Crippen LogP contribution in [-0.2, 0) is 23.1 Å². The van der Waals surface area contributed by atoms with Crippen molar-refractivity contribution in [2.45, 2.75) is 61.4 Å². The zero-order valence-electron chi connectivity index (χ0n) is 20.0. The molecule has 1 amide bonds. The molecule has 0 aromatic heterocycles. The van der Waals surface area contributed by atoms with E-state index in [1.54, 1.807) is 18.2 Å². The van der Waals surface area contributed by atoms with E-state index >= 15 is 0 Å². The minimum atomic E-state index is -3.75. The Morgan fingerprint density at radius 2 is 1.59 bits per heavy atom. The lowest BCUT2D eigenvalue weighted by Crippen LogP contribution is -2.32. The summed E-state index contributed by atoms with van der Waals surface area (Å²) in [5.74, 6) is -0.0714. The number of benzene rings is 2. The van der Waals surface area contributed by atoms with Crippen LogP contribution in [0.1, 0.15) is 60.0 Å². The van der Waals surface area contributed by atoms with E-state index in [0.29, 0.717) is 5.56 Å². The van der Waals surface area contributed by atoms with Crippen molar-refractivity contribution in [2.24, 2.45) is 0 Å². The van der Waals surface area contributed by atoms with Gasteiger partial charge >= 0.3 is 0 Å². The zero-order valence-corrected chi connectivity index (χ0v) is 21.6. The highest BCUT2D eigenvalue weighted by Crippen LogP contribution is 2.26. The molecular weight excluding hydrogens is 466 g/mol. The Bertz CT molecular complexity index is 1090. The van der Waals surface area contributed by atoms with Crippen molar-refractivity contribution in [3.8, 4) is 0 Å². The molecule has 8 heteroatoms. The molecule has 0 atom stereocenters. The summed E-state index contributed by atoms with van der Waals surface area (Å²) in [6, 6.07) is 13.0. The summed E-state index contributed by atoms with van der Waals surface area (Å²) < 4.78 is 29.0. The smallest absolute Gasteiger partial charge is 0.255 e. The summed E-state index contributed by atoms with van der Waals surface area (Å²) in [6.07, 6.45) is 8.67. The zero-order chi connectivity index (χ0) is 24.0. The van der Waals surface area contributed by atoms with Crippen molar-refractivity contribution in [3.63, 3.8) is 0 Å². The van der Waals surface area contributed by atoms with Crippen molar-refractivity contribution in [2.75, 3.05) is 32.4 Å². The van der Waals surface area contributed by atoms with E-state index in [1.807, 2.05) is 23.3 Å². The Morgan fingerprint density at radius 3 is 2.29 bits per heavy atom. The lowest BCUT2D eigenvalue weighted by molar-refractivity contribution is 0.0758. The molecule has 34 heavy (non-hydrogen) atoms. The maximum atomic E-state index is 13.3. The number of carbonyl (C=O) groups is 1. The van der Waals surface area contributed by atoms with E-state index in [1.165, 1.54) is 30.2 Å². The summed E-state index contributed by atoms with van der Waals surface area (Å²) in [4.78, 5) is 18.5. The third kappa shape index (κ3) is 6.42. The number of amides is 1. The molecule has 2 aromatic carbocycles. The van der Waals surface area contributed by atoms with Crippen LogP contribution in [0.3, 0.4) is 0 Å². The maximum Gasteiger partial charge on any atom is 0.255 e. The number of nitrogens with one attached hydrogen (secondary N) is 1. The van der Waals surface area contributed by atoms with Gasteiger partial charge in [-0.1, -0.05) is 37.1 Å². The number of hydrogen-bond acceptors (Lipinski definition) is 5. The second-order valence-electron chi connectivity index (χ2n) is 9.20. The van der Waals surface area contributed by atoms with Crippen molar-refractivity contribution in [1.82, 2.24) is 14.5 Å². The first-order chi connectivity index (χ1) is 16.5. The van der Waals surface area contributed by atoms with Gasteiger partial charge in [-0.3, -0.25) is 9.69 Å². The largest absolute Gasteiger partial charge is 0.339 e. The fraction of sp³-hybridized carbons (Fsp3) is 0.500. The molecule has 184 valence electrons. The van der Waals surface area contributed by atoms with Gasteiger partial charge in [0.1, 0.15) is 0 Å². The van der Waals surface area contributed by atoms with E-state index in [2.05, 4.69) is 21.8 Å². The fourth-order valence-corrected chi connectivity index (χ4v) is 6.38. The number of sulfonamides is 1. The van der Waals surface area contributed by atoms with Gasteiger partial charge in [0.25, 0.3) is 5.91 Å². The number of thioether (sulfide) groups is 1. The van der Waals surface area contributed by atoms with E-state index in [0.717, 1.165) is 68.9 Å². The van der Waals surface area contributed by atoms with Gasteiger partial charge in [0, 0.05) is 31.1 Å². The minimum Gasteiger partial charge on any atom is -0.339 e. The van der Waals surface area contributed by atoms with Crippen LogP contribution in [0, 0.1) is 0 Å². The summed E-state index contributed by atoms with van der Waals surface area (Å²) in [5, 5.41) is 0. The SMILES string of the molecule is CSc1ccc(S(=O)(=O)NCc2cccc(CN3CCCC3)c2)cc1C(=O)N1CCCCCC1. The summed E-state index contributed by atoms with van der Waals surface area (Å²) >= 11 is 1.47. The first kappa shape index (κ1) is 25.2. The van der Waals surface area contributed by atoms with Crippen LogP contribution in [0.4, 0.5) is 0 Å². The van der Waals surface area contributed by atoms with E-state index in [4.69, 9.17) is 0 Å². The number of nitrogens with zero attached hydrogens (tertiary/aromatic N) is 2. The van der Waals surface area contributed by atoms with Gasteiger partial charge in [-0.25, -0.2) is 13.1 Å². The summed E-state index contributed by atoms with van der Waals surface area (Å²) in [7, 11) is -3.75. The molecule has 6 nitrogen and oxygen atoms in total. The van der Waals surface area contributed by atoms with Crippen LogP contribution < -0.4 is 4.72 Å². The predicted molar refractivity (Wildman–Crippen MR) is 138 cm³/mol. The fourth-order valence-electron chi connectivity index (χ4n) is 4.76. The second kappa shape index (κ2) is 11.7. The van der Waals surface area contributed by atoms with Gasteiger partial charge in [-0.15, -0.1) is 11.8 Å². The molecule has 0 bridgehead atoms. The van der Waals surface area contributed by atoms with Gasteiger partial charge < -0.3 is 4.90 Å². The number of carbonyl (C=O) groups excluding carboxylic acids is 1. The molecule has 2 heterocycles. The molecule has 0 aliphatic carbocycles. The van der Waals surface area contributed by atoms with Crippen molar-refractivity contribution >= 4 is 27.7 Å². The highest BCUT2D eigenvalue weighted by molar-refractivity contribution is 7.98. The quantitative estimate of drug-likeness (QED) is 0.540. The van der Waals surface area contributed by atoms with E-state index in [-0.39, 0.29) is 17.3 Å². The van der Waals surface area contributed by atoms with Crippen LogP contribution in [0.5, 0.6) is 0 Å². The third-order valence-corrected chi connectivity index (χ3v) is 8.86. The first-order valence-electron chi connectivity index (χ1n) is 12.2. The molecule has 2 saturated heterocycles. The third-order valence-electron chi connectivity index (χ3n) is 6.67. The van der Waals surface area contributed by atoms with Crippen LogP contribution in [0.15, 0.2) is 52.3 Å². The molecule has 0 unspecified atom stereocenters. The lowest BCUT2D eigenvalue weighted by atomic mass is 10.1. The summed E-state index contributed by atoms with van der Waals surface area (Å²) in [6.45, 7) is 4.84. The Balaban J connectivity index is 1.47. The van der Waals surface area contributed by atoms with Crippen molar-refractivity contribution in [3.05, 3.63) is 59.2 Å². The molecule has 2 aliphatic rings. The monoisotopic (exact) mass is 501 g/mol. The van der Waals surface area contributed by atoms with Gasteiger partial charge in [-0.05, 0) is 74.4 Å². The van der Waals surface area contributed by atoms with Crippen LogP contribution in [0.2, 0.25) is 0 Å². The Morgan fingerprint density at radius 1 is 0.912 bits per heavy atom. The molecule has 2 fully saturated rings. The van der Waals surface area contributed by atoms with Gasteiger partial charge in [0.15, 0.2) is 0 Å². The second-order valence-corrected chi connectivity index (χ2v) is 11.8. The van der Waals surface area contributed by atoms with Gasteiger partial charge in [-0.2, -0.15) is 0 Å². The average molecular weight is 502 g/mol. The average Bonchev–Trinajstić information content (AvgIpc) is 3.21. The highest BCUT2D eigenvalue weighted by atomic mass is 32.2. The summed E-state index contributed by atoms with van der Waals surface area (Å²) in [5.41, 5.74) is 2.61. The predicted octanol–water partition coefficient (Wildman–Crippen LogP) is 4.50. The van der Waals surface area contributed by atoms with E-state index < -0.39 is 10.0 Å². The maximum absolute atomic E-state index is 13.3. The Kier molecular flexibility index (Phi) is 8.69. The lowest BCUT2D eigenvalue weighted by Gasteiger charge is -2.22. The Hall–Kier alpha value is -1.87. The molecule has 4 rings (SSSR count). The number of hydrogen-bond donors (Lipinski definition) is 1. The van der Waals surface area contributed by atoms with Gasteiger partial charge in [0.2, 0.25) is 10.0 Å². The van der Waals surface area contributed by atoms with Gasteiger partial charge in [0.05, 0.1) is 10.5 Å². The number of rotatable bonds is 8. The molecule has 0 spiro atoms. The minimum absolute atomic E-state index is 0.0714. The molecule has 2 aliphatic heterocycles. The van der Waals surface area contributed by atoms with Crippen LogP contribution in [-0.4, -0.2) is 56.6 Å². The van der Waals surface area contributed by atoms with Crippen LogP contribution >= 0.6 is 11.8 Å². The Labute approximate surface area is 208 Å². The molecule has 1 N–H and O–H groups in total. The van der Waals surface area contributed by atoms with Crippen molar-refractivity contribution in [1.29, 1.82) is 0 Å². The topological polar surface area (TPSA) is 69.7 Å². The van der Waals surface area contributed by atoms with E-state index in [9.17, 15) is 13.2 Å². The molecule has 0 radical (unpaired) electrons. The molecular formula is C26H35N3O3S2. The standard InChI is InChI=1S/C26H35N3O3S2/c1-33-25-12-11-23(18-24(25)26(30)29-15-4-2-3-5-16-29)34(31,32)27-19-21-9-8-10-22(17-21)20-28-13-6-7-14-28/h8-12,17-18,27H,2-7,13-16,19-20H2,1H3.